The van der Waals surface area contributed by atoms with E-state index in [-0.39, 0.29) is 16.8 Å². The van der Waals surface area contributed by atoms with Crippen LogP contribution in [0.4, 0.5) is 0 Å². The summed E-state index contributed by atoms with van der Waals surface area (Å²) in [7, 11) is 1.43. The second-order valence-electron chi connectivity index (χ2n) is 12.0. The predicted octanol–water partition coefficient (Wildman–Crippen LogP) is 9.68. The fraction of sp³-hybridized carbons (Fsp3) is 0.559. The lowest BCUT2D eigenvalue weighted by Crippen LogP contribution is -2.34. The average molecular weight is 489 g/mol. The van der Waals surface area contributed by atoms with Crippen LogP contribution >= 0.6 is 0 Å². The van der Waals surface area contributed by atoms with Gasteiger partial charge in [0, 0.05) is 0 Å². The number of ether oxygens (including phenoxy) is 1. The molecule has 0 fully saturated rings. The number of aryl methyl sites for hydroxylation is 1. The summed E-state index contributed by atoms with van der Waals surface area (Å²) >= 11 is 0. The first-order valence-electron chi connectivity index (χ1n) is 14.2. The third-order valence-corrected chi connectivity index (χ3v) is 8.28. The van der Waals surface area contributed by atoms with Crippen LogP contribution in [0, 0.1) is 0 Å². The molecule has 0 aromatic heterocycles. The van der Waals surface area contributed by atoms with Crippen molar-refractivity contribution < 1.29 is 9.53 Å². The smallest absolute Gasteiger partial charge is 0.337 e. The van der Waals surface area contributed by atoms with Crippen LogP contribution in [0.2, 0.25) is 0 Å². The fourth-order valence-electron chi connectivity index (χ4n) is 5.66. The van der Waals surface area contributed by atoms with Gasteiger partial charge >= 0.3 is 5.97 Å². The van der Waals surface area contributed by atoms with Crippen LogP contribution in [0.3, 0.4) is 0 Å². The van der Waals surface area contributed by atoms with Crippen LogP contribution in [0.5, 0.6) is 0 Å². The van der Waals surface area contributed by atoms with Crippen molar-refractivity contribution in [3.8, 4) is 0 Å². The molecule has 0 aliphatic heterocycles. The molecule has 2 aromatic carbocycles. The Labute approximate surface area is 220 Å². The van der Waals surface area contributed by atoms with E-state index in [4.69, 9.17) is 4.74 Å². The number of allylic oxidation sites excluding steroid dienone is 1. The predicted molar refractivity (Wildman–Crippen MR) is 155 cm³/mol. The van der Waals surface area contributed by atoms with Crippen molar-refractivity contribution in [3.63, 3.8) is 0 Å². The van der Waals surface area contributed by atoms with Crippen molar-refractivity contribution >= 4 is 17.6 Å². The van der Waals surface area contributed by atoms with Crippen LogP contribution in [-0.4, -0.2) is 13.1 Å². The number of methoxy groups -OCH3 is 1. The van der Waals surface area contributed by atoms with Crippen molar-refractivity contribution in [1.82, 2.24) is 0 Å². The highest BCUT2D eigenvalue weighted by molar-refractivity contribution is 5.90. The van der Waals surface area contributed by atoms with Gasteiger partial charge in [-0.2, -0.15) is 0 Å². The summed E-state index contributed by atoms with van der Waals surface area (Å²) in [6.07, 6.45) is 14.8. The standard InChI is InChI=1S/C34H48O2/c1-8-10-11-12-13-14-15-28-23-30-31(34(5,6)21-20-33(30,3)4)24-29(28)26(9-2)22-25-16-18-27(19-17-25)32(35)36-7/h16-19,22-24H,8-15,20-21H2,1-7H3/b26-22+. The van der Waals surface area contributed by atoms with Gasteiger partial charge in [0.25, 0.3) is 0 Å². The molecule has 0 saturated carbocycles. The summed E-state index contributed by atoms with van der Waals surface area (Å²) < 4.78 is 4.87. The first-order valence-corrected chi connectivity index (χ1v) is 14.2. The topological polar surface area (TPSA) is 26.3 Å². The molecule has 36 heavy (non-hydrogen) atoms. The van der Waals surface area contributed by atoms with Gasteiger partial charge < -0.3 is 4.74 Å². The maximum Gasteiger partial charge on any atom is 0.337 e. The van der Waals surface area contributed by atoms with E-state index < -0.39 is 0 Å². The molecule has 1 aliphatic carbocycles. The summed E-state index contributed by atoms with van der Waals surface area (Å²) in [6.45, 7) is 14.2. The zero-order valence-electron chi connectivity index (χ0n) is 23.9. The molecule has 0 radical (unpaired) electrons. The van der Waals surface area contributed by atoms with Gasteiger partial charge in [0.1, 0.15) is 0 Å². The highest BCUT2D eigenvalue weighted by Crippen LogP contribution is 2.47. The summed E-state index contributed by atoms with van der Waals surface area (Å²) in [4.78, 5) is 11.9. The van der Waals surface area contributed by atoms with E-state index in [2.05, 4.69) is 59.8 Å². The van der Waals surface area contributed by atoms with Crippen LogP contribution in [-0.2, 0) is 22.0 Å². The molecule has 196 valence electrons. The lowest BCUT2D eigenvalue weighted by atomic mass is 9.62. The molecular formula is C34H48O2. The van der Waals surface area contributed by atoms with Gasteiger partial charge in [-0.15, -0.1) is 0 Å². The molecule has 0 N–H and O–H groups in total. The Kier molecular flexibility index (Phi) is 9.61. The number of fused-ring (bicyclic) bond motifs is 1. The Morgan fingerprint density at radius 2 is 1.44 bits per heavy atom. The number of carbonyl (C=O) groups is 1. The van der Waals surface area contributed by atoms with Gasteiger partial charge in [0.2, 0.25) is 0 Å². The maximum atomic E-state index is 11.9. The molecule has 1 aliphatic rings. The number of carbonyl (C=O) groups excluding carboxylic acids is 1. The van der Waals surface area contributed by atoms with E-state index in [0.29, 0.717) is 5.56 Å². The number of hydrogen-bond acceptors (Lipinski definition) is 2. The van der Waals surface area contributed by atoms with Crippen molar-refractivity contribution in [1.29, 1.82) is 0 Å². The minimum Gasteiger partial charge on any atom is -0.465 e. The van der Waals surface area contributed by atoms with Gasteiger partial charge in [-0.05, 0) is 88.5 Å². The highest BCUT2D eigenvalue weighted by atomic mass is 16.5. The third kappa shape index (κ3) is 6.69. The number of unbranched alkanes of at least 4 members (excludes halogenated alkanes) is 5. The van der Waals surface area contributed by atoms with Gasteiger partial charge in [0.05, 0.1) is 12.7 Å². The summed E-state index contributed by atoms with van der Waals surface area (Å²) in [6, 6.07) is 12.9. The molecular weight excluding hydrogens is 440 g/mol. The Bertz CT molecular complexity index is 1050. The van der Waals surface area contributed by atoms with Crippen LogP contribution < -0.4 is 0 Å². The van der Waals surface area contributed by atoms with Crippen molar-refractivity contribution in [2.75, 3.05) is 7.11 Å². The Morgan fingerprint density at radius 1 is 0.861 bits per heavy atom. The molecule has 0 amide bonds. The van der Waals surface area contributed by atoms with Gasteiger partial charge in [0.15, 0.2) is 0 Å². The second kappa shape index (κ2) is 12.3. The molecule has 0 saturated heterocycles. The molecule has 0 unspecified atom stereocenters. The van der Waals surface area contributed by atoms with Crippen LogP contribution in [0.15, 0.2) is 36.4 Å². The van der Waals surface area contributed by atoms with Crippen molar-refractivity contribution in [2.45, 2.75) is 117 Å². The molecule has 2 heteroatoms. The van der Waals surface area contributed by atoms with E-state index in [1.807, 2.05) is 24.3 Å². The minimum atomic E-state index is -0.290. The van der Waals surface area contributed by atoms with Crippen molar-refractivity contribution in [2.24, 2.45) is 0 Å². The molecule has 2 aromatic rings. The lowest BCUT2D eigenvalue weighted by molar-refractivity contribution is 0.0600. The largest absolute Gasteiger partial charge is 0.465 e. The molecule has 3 rings (SSSR count). The highest BCUT2D eigenvalue weighted by Gasteiger charge is 2.37. The molecule has 0 bridgehead atoms. The summed E-state index contributed by atoms with van der Waals surface area (Å²) in [5.41, 5.74) is 9.53. The van der Waals surface area contributed by atoms with Gasteiger partial charge in [-0.25, -0.2) is 4.79 Å². The zero-order valence-corrected chi connectivity index (χ0v) is 23.9. The van der Waals surface area contributed by atoms with Crippen LogP contribution in [0.1, 0.15) is 138 Å². The van der Waals surface area contributed by atoms with Gasteiger partial charge in [-0.3, -0.25) is 0 Å². The van der Waals surface area contributed by atoms with E-state index in [0.717, 1.165) is 18.4 Å². The number of hydrogen-bond donors (Lipinski definition) is 0. The number of rotatable bonds is 11. The van der Waals surface area contributed by atoms with E-state index in [1.165, 1.54) is 80.7 Å². The quantitative estimate of drug-likeness (QED) is 0.179. The summed E-state index contributed by atoms with van der Waals surface area (Å²) in [5.74, 6) is -0.290. The first kappa shape index (κ1) is 28.2. The maximum absolute atomic E-state index is 11.9. The average Bonchev–Trinajstić information content (AvgIpc) is 2.87. The lowest BCUT2D eigenvalue weighted by Gasteiger charge is -2.42. The second-order valence-corrected chi connectivity index (χ2v) is 12.0. The Hall–Kier alpha value is -2.35. The van der Waals surface area contributed by atoms with E-state index in [1.54, 1.807) is 5.56 Å². The molecule has 0 atom stereocenters. The van der Waals surface area contributed by atoms with E-state index in [9.17, 15) is 4.79 Å². The van der Waals surface area contributed by atoms with E-state index >= 15 is 0 Å². The Balaban J connectivity index is 2.02. The number of benzene rings is 2. The third-order valence-electron chi connectivity index (χ3n) is 8.28. The molecule has 0 spiro atoms. The molecule has 2 nitrogen and oxygen atoms in total. The zero-order chi connectivity index (χ0) is 26.3. The SMILES string of the molecule is CCCCCCCCc1cc2c(cc1/C(=C/c1ccc(C(=O)OC)cc1)CC)C(C)(C)CCC2(C)C. The van der Waals surface area contributed by atoms with Crippen molar-refractivity contribution in [3.05, 3.63) is 69.8 Å². The fourth-order valence-corrected chi connectivity index (χ4v) is 5.66. The Morgan fingerprint density at radius 3 is 2.03 bits per heavy atom. The number of esters is 1. The summed E-state index contributed by atoms with van der Waals surface area (Å²) in [5, 5.41) is 0. The molecule has 0 heterocycles. The normalized spacial score (nSPS) is 16.5. The van der Waals surface area contributed by atoms with Gasteiger partial charge in [-0.1, -0.05) is 104 Å². The first-order chi connectivity index (χ1) is 17.1. The van der Waals surface area contributed by atoms with Crippen LogP contribution in [0.25, 0.3) is 11.6 Å². The monoisotopic (exact) mass is 488 g/mol. The minimum absolute atomic E-state index is 0.194.